The summed E-state index contributed by atoms with van der Waals surface area (Å²) >= 11 is 0. The van der Waals surface area contributed by atoms with Crippen molar-refractivity contribution >= 4 is 28.0 Å². The van der Waals surface area contributed by atoms with Crippen LogP contribution < -0.4 is 5.32 Å². The first kappa shape index (κ1) is 14.1. The fourth-order valence-electron chi connectivity index (χ4n) is 3.00. The van der Waals surface area contributed by atoms with Gasteiger partial charge in [0.2, 0.25) is 5.65 Å². The first-order chi connectivity index (χ1) is 12.3. The first-order valence-corrected chi connectivity index (χ1v) is 8.29. The molecule has 1 saturated carbocycles. The maximum Gasteiger partial charge on any atom is 0.251 e. The monoisotopic (exact) mass is 329 g/mol. The number of benzene rings is 2. The van der Waals surface area contributed by atoms with E-state index in [2.05, 4.69) is 20.5 Å². The summed E-state index contributed by atoms with van der Waals surface area (Å²) in [5.74, 6) is -0.0415. The maximum atomic E-state index is 12.4. The standard InChI is InChI=1S/C19H15N5O/c25-19(21-13-7-8-13)12-6-9-16-15(10-12)17-18(23-22-16)20-11-24(17)14-4-2-1-3-5-14/h1-6,9-11,13H,7-8H2,(H,21,25). The molecule has 1 N–H and O–H groups in total. The summed E-state index contributed by atoms with van der Waals surface area (Å²) in [6.07, 6.45) is 3.87. The fraction of sp³-hybridized carbons (Fsp3) is 0.158. The highest BCUT2D eigenvalue weighted by Gasteiger charge is 2.24. The lowest BCUT2D eigenvalue weighted by Gasteiger charge is -2.08. The Bertz CT molecular complexity index is 1100. The van der Waals surface area contributed by atoms with Crippen molar-refractivity contribution in [3.63, 3.8) is 0 Å². The van der Waals surface area contributed by atoms with Crippen molar-refractivity contribution in [3.8, 4) is 5.69 Å². The van der Waals surface area contributed by atoms with Gasteiger partial charge in [0.05, 0.1) is 5.52 Å². The molecular weight excluding hydrogens is 314 g/mol. The third kappa shape index (κ3) is 2.42. The highest BCUT2D eigenvalue weighted by molar-refractivity contribution is 6.05. The summed E-state index contributed by atoms with van der Waals surface area (Å²) in [6.45, 7) is 0. The van der Waals surface area contributed by atoms with Crippen LogP contribution in [-0.4, -0.2) is 31.7 Å². The Labute approximate surface area is 143 Å². The second-order valence-electron chi connectivity index (χ2n) is 6.30. The van der Waals surface area contributed by atoms with Gasteiger partial charge >= 0.3 is 0 Å². The van der Waals surface area contributed by atoms with Crippen molar-refractivity contribution in [1.29, 1.82) is 0 Å². The molecule has 4 aromatic rings. The van der Waals surface area contributed by atoms with Crippen LogP contribution in [0.1, 0.15) is 23.2 Å². The number of hydrogen-bond donors (Lipinski definition) is 1. The van der Waals surface area contributed by atoms with Gasteiger partial charge in [0.1, 0.15) is 11.8 Å². The molecular formula is C19H15N5O. The van der Waals surface area contributed by atoms with Gasteiger partial charge in [-0.15, -0.1) is 10.2 Å². The van der Waals surface area contributed by atoms with Crippen molar-refractivity contribution < 1.29 is 4.79 Å². The zero-order valence-corrected chi connectivity index (χ0v) is 13.4. The Kier molecular flexibility index (Phi) is 3.03. The molecule has 0 atom stereocenters. The zero-order valence-electron chi connectivity index (χ0n) is 13.4. The van der Waals surface area contributed by atoms with Crippen molar-refractivity contribution in [2.24, 2.45) is 0 Å². The number of nitrogens with zero attached hydrogens (tertiary/aromatic N) is 4. The van der Waals surface area contributed by atoms with E-state index in [1.807, 2.05) is 47.0 Å². The molecule has 1 aliphatic carbocycles. The molecule has 1 amide bonds. The van der Waals surface area contributed by atoms with E-state index in [-0.39, 0.29) is 5.91 Å². The minimum absolute atomic E-state index is 0.0415. The molecule has 2 heterocycles. The molecule has 0 bridgehead atoms. The normalized spacial score (nSPS) is 14.1. The highest BCUT2D eigenvalue weighted by Crippen LogP contribution is 2.26. The molecule has 5 rings (SSSR count). The molecule has 1 aliphatic rings. The van der Waals surface area contributed by atoms with Crippen LogP contribution in [0.15, 0.2) is 54.9 Å². The number of hydrogen-bond acceptors (Lipinski definition) is 4. The molecule has 6 heteroatoms. The number of carbonyl (C=O) groups excluding carboxylic acids is 1. The van der Waals surface area contributed by atoms with Crippen LogP contribution in [0.4, 0.5) is 0 Å². The van der Waals surface area contributed by atoms with Crippen LogP contribution in [0.25, 0.3) is 27.8 Å². The summed E-state index contributed by atoms with van der Waals surface area (Å²) in [5, 5.41) is 12.3. The minimum Gasteiger partial charge on any atom is -0.349 e. The average molecular weight is 329 g/mol. The topological polar surface area (TPSA) is 72.7 Å². The van der Waals surface area contributed by atoms with Crippen molar-refractivity contribution in [2.45, 2.75) is 18.9 Å². The van der Waals surface area contributed by atoms with E-state index >= 15 is 0 Å². The molecule has 0 radical (unpaired) electrons. The van der Waals surface area contributed by atoms with Crippen molar-refractivity contribution in [3.05, 3.63) is 60.4 Å². The number of aromatic nitrogens is 4. The van der Waals surface area contributed by atoms with Crippen LogP contribution in [0.5, 0.6) is 0 Å². The van der Waals surface area contributed by atoms with Crippen LogP contribution in [0.3, 0.4) is 0 Å². The Morgan fingerprint density at radius 3 is 2.72 bits per heavy atom. The number of imidazole rings is 1. The second-order valence-corrected chi connectivity index (χ2v) is 6.30. The van der Waals surface area contributed by atoms with Gasteiger partial charge in [-0.05, 0) is 43.2 Å². The number of amides is 1. The molecule has 0 unspecified atom stereocenters. The van der Waals surface area contributed by atoms with Gasteiger partial charge in [0.25, 0.3) is 5.91 Å². The molecule has 2 aromatic heterocycles. The van der Waals surface area contributed by atoms with E-state index in [4.69, 9.17) is 0 Å². The Hall–Kier alpha value is -3.28. The van der Waals surface area contributed by atoms with E-state index in [9.17, 15) is 4.79 Å². The lowest BCUT2D eigenvalue weighted by atomic mass is 10.1. The van der Waals surface area contributed by atoms with Crippen molar-refractivity contribution in [2.75, 3.05) is 0 Å². The Morgan fingerprint density at radius 2 is 1.92 bits per heavy atom. The van der Waals surface area contributed by atoms with Gasteiger partial charge in [0, 0.05) is 22.7 Å². The van der Waals surface area contributed by atoms with E-state index in [0.717, 1.165) is 34.9 Å². The average Bonchev–Trinajstić information content (AvgIpc) is 3.36. The summed E-state index contributed by atoms with van der Waals surface area (Å²) in [4.78, 5) is 16.8. The Morgan fingerprint density at radius 1 is 1.08 bits per heavy atom. The summed E-state index contributed by atoms with van der Waals surface area (Å²) < 4.78 is 1.98. The molecule has 0 saturated heterocycles. The summed E-state index contributed by atoms with van der Waals surface area (Å²) in [7, 11) is 0. The van der Waals surface area contributed by atoms with E-state index < -0.39 is 0 Å². The summed E-state index contributed by atoms with van der Waals surface area (Å²) in [6, 6.07) is 15.8. The third-order valence-electron chi connectivity index (χ3n) is 4.46. The van der Waals surface area contributed by atoms with E-state index in [1.165, 1.54) is 0 Å². The predicted molar refractivity (Wildman–Crippen MR) is 94.7 cm³/mol. The van der Waals surface area contributed by atoms with Gasteiger partial charge in [-0.3, -0.25) is 9.36 Å². The van der Waals surface area contributed by atoms with Gasteiger partial charge < -0.3 is 5.32 Å². The van der Waals surface area contributed by atoms with Gasteiger partial charge in [-0.1, -0.05) is 18.2 Å². The van der Waals surface area contributed by atoms with Gasteiger partial charge in [-0.25, -0.2) is 4.98 Å². The molecule has 25 heavy (non-hydrogen) atoms. The SMILES string of the molecule is O=C(NC1CC1)c1ccc2nnc3ncn(-c4ccccc4)c3c2c1. The van der Waals surface area contributed by atoms with Crippen LogP contribution in [0, 0.1) is 0 Å². The first-order valence-electron chi connectivity index (χ1n) is 8.29. The number of carbonyl (C=O) groups is 1. The van der Waals surface area contributed by atoms with Crippen LogP contribution >= 0.6 is 0 Å². The van der Waals surface area contributed by atoms with Crippen molar-refractivity contribution in [1.82, 2.24) is 25.1 Å². The minimum atomic E-state index is -0.0415. The maximum absolute atomic E-state index is 12.4. The summed E-state index contributed by atoms with van der Waals surface area (Å²) in [5.41, 5.74) is 3.79. The smallest absolute Gasteiger partial charge is 0.251 e. The lowest BCUT2D eigenvalue weighted by molar-refractivity contribution is 0.0951. The molecule has 1 fully saturated rings. The number of fused-ring (bicyclic) bond motifs is 3. The number of para-hydroxylation sites is 1. The highest BCUT2D eigenvalue weighted by atomic mass is 16.1. The fourth-order valence-corrected chi connectivity index (χ4v) is 3.00. The molecule has 122 valence electrons. The van der Waals surface area contributed by atoms with Gasteiger partial charge in [0.15, 0.2) is 0 Å². The largest absolute Gasteiger partial charge is 0.349 e. The quantitative estimate of drug-likeness (QED) is 0.627. The predicted octanol–water partition coefficient (Wildman–Crippen LogP) is 2.86. The lowest BCUT2D eigenvalue weighted by Crippen LogP contribution is -2.25. The van der Waals surface area contributed by atoms with Crippen LogP contribution in [-0.2, 0) is 0 Å². The van der Waals surface area contributed by atoms with E-state index in [0.29, 0.717) is 17.3 Å². The Balaban J connectivity index is 1.72. The van der Waals surface area contributed by atoms with Crippen LogP contribution in [0.2, 0.25) is 0 Å². The van der Waals surface area contributed by atoms with Gasteiger partial charge in [-0.2, -0.15) is 0 Å². The molecule has 0 aliphatic heterocycles. The number of rotatable bonds is 3. The molecule has 2 aromatic carbocycles. The van der Waals surface area contributed by atoms with E-state index in [1.54, 1.807) is 12.4 Å². The zero-order chi connectivity index (χ0) is 16.8. The number of nitrogens with one attached hydrogen (secondary N) is 1. The second kappa shape index (κ2) is 5.37. The molecule has 6 nitrogen and oxygen atoms in total. The third-order valence-corrected chi connectivity index (χ3v) is 4.46. The molecule has 0 spiro atoms.